The van der Waals surface area contributed by atoms with Crippen molar-refractivity contribution in [1.82, 2.24) is 0 Å². The molecule has 2 rings (SSSR count). The van der Waals surface area contributed by atoms with Gasteiger partial charge in [-0.2, -0.15) is 0 Å². The Kier molecular flexibility index (Phi) is 6.83. The Bertz CT molecular complexity index is 658. The maximum Gasteiger partial charge on any atom is 0.348 e. The van der Waals surface area contributed by atoms with Crippen LogP contribution < -0.4 is 4.90 Å². The lowest BCUT2D eigenvalue weighted by molar-refractivity contribution is -0.146. The zero-order valence-electron chi connectivity index (χ0n) is 13.3. The zero-order valence-corrected chi connectivity index (χ0v) is 15.6. The number of hydrogen-bond donors (Lipinski definition) is 0. The zero-order chi connectivity index (χ0) is 17.7. The van der Waals surface area contributed by atoms with E-state index in [1.165, 1.54) is 11.8 Å². The van der Waals surface area contributed by atoms with E-state index in [2.05, 4.69) is 0 Å². The summed E-state index contributed by atoms with van der Waals surface area (Å²) in [6, 6.07) is 5.16. The number of carbonyl (C=O) groups excluding carboxylic acids is 2. The lowest BCUT2D eigenvalue weighted by Crippen LogP contribution is -2.26. The van der Waals surface area contributed by atoms with E-state index in [0.717, 1.165) is 11.4 Å². The molecular formula is C16H17Cl2NO4S. The Hall–Kier alpha value is -1.37. The molecular weight excluding hydrogens is 373 g/mol. The van der Waals surface area contributed by atoms with Gasteiger partial charge < -0.3 is 14.4 Å². The van der Waals surface area contributed by atoms with Crippen LogP contribution >= 0.6 is 35.0 Å². The Morgan fingerprint density at radius 1 is 1.12 bits per heavy atom. The number of thioether (sulfide) groups is 1. The third kappa shape index (κ3) is 4.18. The predicted octanol–water partition coefficient (Wildman–Crippen LogP) is 3.88. The van der Waals surface area contributed by atoms with Crippen LogP contribution in [0.3, 0.4) is 0 Å². The van der Waals surface area contributed by atoms with Gasteiger partial charge in [-0.15, -0.1) is 11.8 Å². The molecule has 0 bridgehead atoms. The molecule has 0 N–H and O–H groups in total. The van der Waals surface area contributed by atoms with Gasteiger partial charge in [-0.05, 0) is 32.0 Å². The van der Waals surface area contributed by atoms with Crippen LogP contribution in [-0.2, 0) is 19.1 Å². The molecule has 0 atom stereocenters. The minimum atomic E-state index is -0.689. The molecule has 1 aliphatic rings. The fraction of sp³-hybridized carbons (Fsp3) is 0.375. The molecule has 0 aromatic heterocycles. The number of halogens is 2. The SMILES string of the molecule is CCOC(=O)C(C(=O)OCC)=C1SCCN1c1ccc(Cl)c(Cl)c1. The number of rotatable bonds is 5. The van der Waals surface area contributed by atoms with Gasteiger partial charge in [0.25, 0.3) is 0 Å². The molecule has 0 unspecified atom stereocenters. The smallest absolute Gasteiger partial charge is 0.348 e. The van der Waals surface area contributed by atoms with Gasteiger partial charge in [0.15, 0.2) is 5.57 Å². The highest BCUT2D eigenvalue weighted by atomic mass is 35.5. The molecule has 1 aromatic carbocycles. The molecule has 5 nitrogen and oxygen atoms in total. The van der Waals surface area contributed by atoms with Crippen LogP contribution in [0.1, 0.15) is 13.8 Å². The highest BCUT2D eigenvalue weighted by Crippen LogP contribution is 2.38. The van der Waals surface area contributed by atoms with Crippen molar-refractivity contribution in [2.75, 3.05) is 30.4 Å². The summed E-state index contributed by atoms with van der Waals surface area (Å²) in [7, 11) is 0. The minimum absolute atomic E-state index is 0.0905. The number of nitrogens with zero attached hydrogens (tertiary/aromatic N) is 1. The van der Waals surface area contributed by atoms with E-state index in [0.29, 0.717) is 21.6 Å². The Morgan fingerprint density at radius 3 is 2.29 bits per heavy atom. The van der Waals surface area contributed by atoms with E-state index in [4.69, 9.17) is 32.7 Å². The molecule has 0 amide bonds. The maximum absolute atomic E-state index is 12.3. The lowest BCUT2D eigenvalue weighted by atomic mass is 10.2. The highest BCUT2D eigenvalue weighted by Gasteiger charge is 2.33. The summed E-state index contributed by atoms with van der Waals surface area (Å²) >= 11 is 13.4. The van der Waals surface area contributed by atoms with Crippen molar-refractivity contribution in [1.29, 1.82) is 0 Å². The second-order valence-corrected chi connectivity index (χ2v) is 6.62. The van der Waals surface area contributed by atoms with Gasteiger partial charge in [0, 0.05) is 18.0 Å². The van der Waals surface area contributed by atoms with Gasteiger partial charge in [0.2, 0.25) is 0 Å². The van der Waals surface area contributed by atoms with E-state index < -0.39 is 11.9 Å². The second-order valence-electron chi connectivity index (χ2n) is 4.72. The maximum atomic E-state index is 12.3. The molecule has 1 aliphatic heterocycles. The minimum Gasteiger partial charge on any atom is -0.462 e. The first-order valence-corrected chi connectivity index (χ1v) is 9.17. The van der Waals surface area contributed by atoms with E-state index in [1.54, 1.807) is 32.0 Å². The first-order valence-electron chi connectivity index (χ1n) is 7.43. The number of anilines is 1. The summed E-state index contributed by atoms with van der Waals surface area (Å²) in [5, 5.41) is 1.35. The highest BCUT2D eigenvalue weighted by molar-refractivity contribution is 8.03. The fourth-order valence-electron chi connectivity index (χ4n) is 2.18. The van der Waals surface area contributed by atoms with Gasteiger partial charge in [-0.1, -0.05) is 23.2 Å². The standard InChI is InChI=1S/C16H17Cl2NO4S/c1-3-22-15(20)13(16(21)23-4-2)14-19(7-8-24-14)10-5-6-11(17)12(18)9-10/h5-6,9H,3-4,7-8H2,1-2H3. The molecule has 24 heavy (non-hydrogen) atoms. The molecule has 1 heterocycles. The van der Waals surface area contributed by atoms with Crippen LogP contribution in [0.15, 0.2) is 28.8 Å². The average Bonchev–Trinajstić information content (AvgIpc) is 3.00. The van der Waals surface area contributed by atoms with Crippen molar-refractivity contribution < 1.29 is 19.1 Å². The fourth-order valence-corrected chi connectivity index (χ4v) is 3.61. The van der Waals surface area contributed by atoms with Gasteiger partial charge >= 0.3 is 11.9 Å². The van der Waals surface area contributed by atoms with Gasteiger partial charge in [-0.25, -0.2) is 9.59 Å². The van der Waals surface area contributed by atoms with Crippen molar-refractivity contribution in [3.05, 3.63) is 38.8 Å². The van der Waals surface area contributed by atoms with Crippen molar-refractivity contribution in [2.24, 2.45) is 0 Å². The lowest BCUT2D eigenvalue weighted by Gasteiger charge is -2.21. The van der Waals surface area contributed by atoms with Gasteiger partial charge in [0.05, 0.1) is 28.3 Å². The summed E-state index contributed by atoms with van der Waals surface area (Å²) in [4.78, 5) is 26.4. The number of esters is 2. The van der Waals surface area contributed by atoms with Crippen LogP contribution in [0.25, 0.3) is 0 Å². The van der Waals surface area contributed by atoms with Crippen LogP contribution in [-0.4, -0.2) is 37.4 Å². The summed E-state index contributed by atoms with van der Waals surface area (Å²) in [6.45, 7) is 4.34. The molecule has 1 aromatic rings. The van der Waals surface area contributed by atoms with Crippen molar-refractivity contribution >= 4 is 52.6 Å². The van der Waals surface area contributed by atoms with E-state index >= 15 is 0 Å². The number of ether oxygens (including phenoxy) is 2. The van der Waals surface area contributed by atoms with Crippen LogP contribution in [0.4, 0.5) is 5.69 Å². The van der Waals surface area contributed by atoms with E-state index in [1.807, 2.05) is 4.90 Å². The molecule has 130 valence electrons. The first-order chi connectivity index (χ1) is 11.5. The second kappa shape index (κ2) is 8.65. The number of benzene rings is 1. The molecule has 8 heteroatoms. The Balaban J connectivity index is 2.47. The van der Waals surface area contributed by atoms with Crippen molar-refractivity contribution in [3.63, 3.8) is 0 Å². The monoisotopic (exact) mass is 389 g/mol. The van der Waals surface area contributed by atoms with Crippen molar-refractivity contribution in [2.45, 2.75) is 13.8 Å². The largest absolute Gasteiger partial charge is 0.462 e. The van der Waals surface area contributed by atoms with Crippen LogP contribution in [0.5, 0.6) is 0 Å². The Labute approximate surface area is 154 Å². The van der Waals surface area contributed by atoms with Crippen LogP contribution in [0.2, 0.25) is 10.0 Å². The first kappa shape index (κ1) is 19.0. The van der Waals surface area contributed by atoms with E-state index in [-0.39, 0.29) is 18.8 Å². The molecule has 0 radical (unpaired) electrons. The molecule has 0 aliphatic carbocycles. The average molecular weight is 390 g/mol. The Morgan fingerprint density at radius 2 is 1.75 bits per heavy atom. The normalized spacial score (nSPS) is 13.8. The molecule has 1 saturated heterocycles. The predicted molar refractivity (Wildman–Crippen MR) is 96.6 cm³/mol. The number of hydrogen-bond acceptors (Lipinski definition) is 6. The van der Waals surface area contributed by atoms with E-state index in [9.17, 15) is 9.59 Å². The summed E-state index contributed by atoms with van der Waals surface area (Å²) in [5.74, 6) is -0.659. The third-order valence-electron chi connectivity index (χ3n) is 3.19. The quantitative estimate of drug-likeness (QED) is 0.329. The van der Waals surface area contributed by atoms with Crippen LogP contribution in [0, 0.1) is 0 Å². The third-order valence-corrected chi connectivity index (χ3v) is 5.01. The number of carbonyl (C=O) groups is 2. The summed E-state index contributed by atoms with van der Waals surface area (Å²) in [5.41, 5.74) is 0.655. The summed E-state index contributed by atoms with van der Waals surface area (Å²) < 4.78 is 10.1. The topological polar surface area (TPSA) is 55.8 Å². The van der Waals surface area contributed by atoms with Crippen molar-refractivity contribution in [3.8, 4) is 0 Å². The molecule has 0 saturated carbocycles. The molecule has 0 spiro atoms. The summed E-state index contributed by atoms with van der Waals surface area (Å²) in [6.07, 6.45) is 0. The van der Waals surface area contributed by atoms with Gasteiger partial charge in [0.1, 0.15) is 0 Å². The van der Waals surface area contributed by atoms with Gasteiger partial charge in [-0.3, -0.25) is 0 Å². The molecule has 1 fully saturated rings.